The van der Waals surface area contributed by atoms with Crippen molar-refractivity contribution in [3.05, 3.63) is 35.3 Å². The molecule has 0 saturated heterocycles. The van der Waals surface area contributed by atoms with Crippen molar-refractivity contribution in [2.75, 3.05) is 5.75 Å². The maximum Gasteiger partial charge on any atom is 0.174 e. The standard InChI is InChI=1S/C14H20O2S/c1-3-8-17(15,16)14-10-11(2)9-12-6-4-5-7-13(12)14/h4-7,10-13H,3,8-9H2,1-2H3. The summed E-state index contributed by atoms with van der Waals surface area (Å²) < 4.78 is 24.5. The molecule has 0 spiro atoms. The van der Waals surface area contributed by atoms with Crippen molar-refractivity contribution in [1.82, 2.24) is 0 Å². The lowest BCUT2D eigenvalue weighted by molar-refractivity contribution is 0.416. The minimum absolute atomic E-state index is 0.0766. The van der Waals surface area contributed by atoms with Gasteiger partial charge < -0.3 is 0 Å². The molecule has 0 bridgehead atoms. The summed E-state index contributed by atoms with van der Waals surface area (Å²) in [6.45, 7) is 4.02. The smallest absolute Gasteiger partial charge is 0.174 e. The van der Waals surface area contributed by atoms with E-state index < -0.39 is 9.84 Å². The minimum Gasteiger partial charge on any atom is -0.224 e. The Morgan fingerprint density at radius 1 is 1.29 bits per heavy atom. The molecule has 0 amide bonds. The van der Waals surface area contributed by atoms with Crippen molar-refractivity contribution < 1.29 is 8.42 Å². The molecule has 2 aliphatic rings. The average Bonchev–Trinajstić information content (AvgIpc) is 2.27. The number of sulfone groups is 1. The van der Waals surface area contributed by atoms with Gasteiger partial charge in [-0.05, 0) is 24.7 Å². The summed E-state index contributed by atoms with van der Waals surface area (Å²) >= 11 is 0. The van der Waals surface area contributed by atoms with Crippen LogP contribution >= 0.6 is 0 Å². The van der Waals surface area contributed by atoms with Gasteiger partial charge in [-0.15, -0.1) is 0 Å². The van der Waals surface area contributed by atoms with Gasteiger partial charge in [-0.1, -0.05) is 44.2 Å². The minimum atomic E-state index is -3.06. The van der Waals surface area contributed by atoms with Gasteiger partial charge in [-0.3, -0.25) is 0 Å². The van der Waals surface area contributed by atoms with Crippen molar-refractivity contribution in [3.63, 3.8) is 0 Å². The molecule has 0 N–H and O–H groups in total. The van der Waals surface area contributed by atoms with Crippen LogP contribution in [0.4, 0.5) is 0 Å². The maximum atomic E-state index is 12.3. The third-order valence-corrected chi connectivity index (χ3v) is 5.57. The van der Waals surface area contributed by atoms with Crippen LogP contribution in [0.1, 0.15) is 26.7 Å². The Labute approximate surface area is 104 Å². The van der Waals surface area contributed by atoms with Crippen LogP contribution in [0.2, 0.25) is 0 Å². The van der Waals surface area contributed by atoms with Crippen LogP contribution in [-0.2, 0) is 9.84 Å². The fourth-order valence-electron chi connectivity index (χ4n) is 2.77. The van der Waals surface area contributed by atoms with Gasteiger partial charge in [0.05, 0.1) is 5.75 Å². The molecule has 3 atom stereocenters. The van der Waals surface area contributed by atoms with Crippen molar-refractivity contribution in [2.45, 2.75) is 26.7 Å². The van der Waals surface area contributed by atoms with Gasteiger partial charge in [0.25, 0.3) is 0 Å². The zero-order chi connectivity index (χ0) is 12.5. The summed E-state index contributed by atoms with van der Waals surface area (Å²) in [6.07, 6.45) is 11.9. The maximum absolute atomic E-state index is 12.3. The van der Waals surface area contributed by atoms with Crippen LogP contribution in [0, 0.1) is 17.8 Å². The molecule has 2 rings (SSSR count). The zero-order valence-electron chi connectivity index (χ0n) is 10.5. The van der Waals surface area contributed by atoms with Gasteiger partial charge in [0.1, 0.15) is 0 Å². The van der Waals surface area contributed by atoms with Crippen molar-refractivity contribution in [1.29, 1.82) is 0 Å². The Balaban J connectivity index is 2.37. The van der Waals surface area contributed by atoms with E-state index in [4.69, 9.17) is 0 Å². The van der Waals surface area contributed by atoms with E-state index in [1.807, 2.05) is 31.2 Å². The molecule has 2 aliphatic carbocycles. The molecule has 3 heteroatoms. The number of hydrogen-bond acceptors (Lipinski definition) is 2. The Morgan fingerprint density at radius 2 is 2.00 bits per heavy atom. The van der Waals surface area contributed by atoms with Gasteiger partial charge >= 0.3 is 0 Å². The first kappa shape index (κ1) is 12.6. The molecule has 0 fully saturated rings. The van der Waals surface area contributed by atoms with E-state index in [-0.39, 0.29) is 11.7 Å². The van der Waals surface area contributed by atoms with Crippen molar-refractivity contribution in [2.24, 2.45) is 17.8 Å². The molecule has 94 valence electrons. The summed E-state index contributed by atoms with van der Waals surface area (Å²) in [5.41, 5.74) is 0. The highest BCUT2D eigenvalue weighted by Gasteiger charge is 2.34. The second kappa shape index (κ2) is 4.81. The summed E-state index contributed by atoms with van der Waals surface area (Å²) in [4.78, 5) is 0.656. The van der Waals surface area contributed by atoms with E-state index in [0.29, 0.717) is 23.2 Å². The summed E-state index contributed by atoms with van der Waals surface area (Å²) in [6, 6.07) is 0. The van der Waals surface area contributed by atoms with Crippen molar-refractivity contribution >= 4 is 9.84 Å². The van der Waals surface area contributed by atoms with Gasteiger partial charge in [0.2, 0.25) is 0 Å². The quantitative estimate of drug-likeness (QED) is 0.773. The SMILES string of the molecule is CCCS(=O)(=O)C1=CC(C)CC2C=CC=CC12. The lowest BCUT2D eigenvalue weighted by Crippen LogP contribution is -2.27. The first-order valence-electron chi connectivity index (χ1n) is 6.34. The van der Waals surface area contributed by atoms with Crippen LogP contribution in [0.25, 0.3) is 0 Å². The number of hydrogen-bond donors (Lipinski definition) is 0. The van der Waals surface area contributed by atoms with Gasteiger partial charge in [0.15, 0.2) is 9.84 Å². The van der Waals surface area contributed by atoms with Crippen LogP contribution in [0.15, 0.2) is 35.3 Å². The van der Waals surface area contributed by atoms with E-state index >= 15 is 0 Å². The predicted molar refractivity (Wildman–Crippen MR) is 71.2 cm³/mol. The van der Waals surface area contributed by atoms with Crippen LogP contribution < -0.4 is 0 Å². The highest BCUT2D eigenvalue weighted by Crippen LogP contribution is 2.39. The molecule has 17 heavy (non-hydrogen) atoms. The second-order valence-corrected chi connectivity index (χ2v) is 7.17. The second-order valence-electron chi connectivity index (χ2n) is 5.06. The Morgan fingerprint density at radius 3 is 2.71 bits per heavy atom. The van der Waals surface area contributed by atoms with E-state index in [9.17, 15) is 8.42 Å². The molecule has 0 aromatic carbocycles. The largest absolute Gasteiger partial charge is 0.224 e. The van der Waals surface area contributed by atoms with Crippen molar-refractivity contribution in [3.8, 4) is 0 Å². The lowest BCUT2D eigenvalue weighted by atomic mass is 9.77. The first-order chi connectivity index (χ1) is 8.04. The van der Waals surface area contributed by atoms with E-state index in [0.717, 1.165) is 6.42 Å². The fourth-order valence-corrected chi connectivity index (χ4v) is 4.65. The van der Waals surface area contributed by atoms with Crippen LogP contribution in [0.5, 0.6) is 0 Å². The Bertz CT molecular complexity index is 468. The van der Waals surface area contributed by atoms with Gasteiger partial charge in [-0.25, -0.2) is 8.42 Å². The molecular weight excluding hydrogens is 232 g/mol. The predicted octanol–water partition coefficient (Wildman–Crippen LogP) is 3.09. The molecule has 3 unspecified atom stereocenters. The molecule has 0 aliphatic heterocycles. The molecule has 0 saturated carbocycles. The molecule has 0 aromatic heterocycles. The van der Waals surface area contributed by atoms with E-state index in [2.05, 4.69) is 13.0 Å². The van der Waals surface area contributed by atoms with E-state index in [1.165, 1.54) is 0 Å². The highest BCUT2D eigenvalue weighted by molar-refractivity contribution is 7.95. The first-order valence-corrected chi connectivity index (χ1v) is 7.99. The van der Waals surface area contributed by atoms with Crippen LogP contribution in [-0.4, -0.2) is 14.2 Å². The third kappa shape index (κ3) is 2.54. The topological polar surface area (TPSA) is 34.1 Å². The fraction of sp³-hybridized carbons (Fsp3) is 0.571. The van der Waals surface area contributed by atoms with Gasteiger partial charge in [-0.2, -0.15) is 0 Å². The Hall–Kier alpha value is -0.830. The van der Waals surface area contributed by atoms with Gasteiger partial charge in [0, 0.05) is 10.8 Å². The number of allylic oxidation sites excluding steroid dienone is 6. The Kier molecular flexibility index (Phi) is 3.57. The highest BCUT2D eigenvalue weighted by atomic mass is 32.2. The lowest BCUT2D eigenvalue weighted by Gasteiger charge is -2.32. The molecule has 2 nitrogen and oxygen atoms in total. The van der Waals surface area contributed by atoms with E-state index in [1.54, 1.807) is 0 Å². The third-order valence-electron chi connectivity index (χ3n) is 3.50. The average molecular weight is 252 g/mol. The summed E-state index contributed by atoms with van der Waals surface area (Å²) in [7, 11) is -3.06. The normalized spacial score (nSPS) is 32.1. The monoisotopic (exact) mass is 252 g/mol. The molecule has 0 heterocycles. The summed E-state index contributed by atoms with van der Waals surface area (Å²) in [5, 5.41) is 0. The number of rotatable bonds is 3. The molecule has 0 radical (unpaired) electrons. The molecular formula is C14H20O2S. The number of fused-ring (bicyclic) bond motifs is 1. The zero-order valence-corrected chi connectivity index (χ0v) is 11.3. The summed E-state index contributed by atoms with van der Waals surface area (Å²) in [5.74, 6) is 1.06. The van der Waals surface area contributed by atoms with Crippen LogP contribution in [0.3, 0.4) is 0 Å². The molecule has 0 aromatic rings.